The maximum atomic E-state index is 14.0. The van der Waals surface area contributed by atoms with Crippen LogP contribution >= 0.6 is 0 Å². The van der Waals surface area contributed by atoms with Crippen molar-refractivity contribution in [2.45, 2.75) is 97.6 Å². The van der Waals surface area contributed by atoms with Crippen molar-refractivity contribution in [1.29, 1.82) is 0 Å². The maximum Gasteiger partial charge on any atom is 0.242 e. The van der Waals surface area contributed by atoms with Crippen LogP contribution in [0.5, 0.6) is 0 Å². The van der Waals surface area contributed by atoms with Gasteiger partial charge in [-0.2, -0.15) is 0 Å². The minimum atomic E-state index is -0.626. The first kappa shape index (κ1) is 46.8. The van der Waals surface area contributed by atoms with Gasteiger partial charge in [0, 0.05) is 52.6 Å². The molecule has 0 radical (unpaired) electrons. The van der Waals surface area contributed by atoms with Gasteiger partial charge in [-0.3, -0.25) is 24.1 Å². The van der Waals surface area contributed by atoms with Crippen molar-refractivity contribution in [3.63, 3.8) is 0 Å². The summed E-state index contributed by atoms with van der Waals surface area (Å²) in [5, 5.41) is 9.02. The van der Waals surface area contributed by atoms with Crippen molar-refractivity contribution in [2.24, 2.45) is 17.8 Å². The Balaban J connectivity index is 2.10. The van der Waals surface area contributed by atoms with Crippen LogP contribution < -0.4 is 16.0 Å². The van der Waals surface area contributed by atoms with Gasteiger partial charge in [-0.05, 0) is 51.3 Å². The molecule has 7 unspecified atom stereocenters. The summed E-state index contributed by atoms with van der Waals surface area (Å²) in [4.78, 5) is 59.7. The molecule has 1 aromatic rings. The van der Waals surface area contributed by atoms with Crippen LogP contribution in [0.2, 0.25) is 0 Å². The van der Waals surface area contributed by atoms with E-state index in [9.17, 15) is 19.2 Å². The molecule has 1 heterocycles. The molecular formula is C41H70N6O7. The Morgan fingerprint density at radius 3 is 2.22 bits per heavy atom. The molecule has 3 N–H and O–H groups in total. The number of ether oxygens (including phenoxy) is 3. The quantitative estimate of drug-likeness (QED) is 0.128. The number of likely N-dealkylation sites (N-methyl/N-ethyl adjacent to an activating group) is 3. The van der Waals surface area contributed by atoms with Crippen LogP contribution in [0.25, 0.3) is 0 Å². The van der Waals surface area contributed by atoms with Gasteiger partial charge in [0.15, 0.2) is 0 Å². The Labute approximate surface area is 324 Å². The highest BCUT2D eigenvalue weighted by atomic mass is 16.5. The molecule has 1 aliphatic heterocycles. The largest absolute Gasteiger partial charge is 0.379 e. The summed E-state index contributed by atoms with van der Waals surface area (Å²) in [5.74, 6) is -1.36. The average Bonchev–Trinajstić information content (AvgIpc) is 3.63. The van der Waals surface area contributed by atoms with Gasteiger partial charge in [-0.15, -0.1) is 0 Å². The van der Waals surface area contributed by atoms with Gasteiger partial charge >= 0.3 is 0 Å². The zero-order valence-electron chi connectivity index (χ0n) is 34.9. The highest BCUT2D eigenvalue weighted by Crippen LogP contribution is 2.29. The molecule has 7 atom stereocenters. The predicted molar refractivity (Wildman–Crippen MR) is 213 cm³/mol. The third-order valence-electron chi connectivity index (χ3n) is 10.5. The Morgan fingerprint density at radius 2 is 1.63 bits per heavy atom. The van der Waals surface area contributed by atoms with E-state index in [1.807, 2.05) is 96.9 Å². The number of methoxy groups -OCH3 is 2. The second kappa shape index (κ2) is 24.2. The standard InChI is InChI=1S/C41H70N6O7/c1-12-29(4)38(46(9)36(49)27-43-41(51)37(28(2)3)45(8)22-24-54-23-20-42-7)34(52-10)26-35(48)47-21-16-19-33(47)39(53-11)31(6)40(50)44-30(5)25-32-17-14-13-15-18-32/h13-15,17-19,28-31,34,37-39,42H,12,16,20-27H2,1-11H3,(H,43,51)(H,44,50). The predicted octanol–water partition coefficient (Wildman–Crippen LogP) is 3.09. The number of hydrogen-bond donors (Lipinski definition) is 3. The van der Waals surface area contributed by atoms with Gasteiger partial charge in [0.25, 0.3) is 0 Å². The molecule has 54 heavy (non-hydrogen) atoms. The number of nitrogens with one attached hydrogen (secondary N) is 3. The normalized spacial score (nSPS) is 17.0. The molecule has 2 rings (SSSR count). The first-order valence-corrected chi connectivity index (χ1v) is 19.6. The summed E-state index contributed by atoms with van der Waals surface area (Å²) in [7, 11) is 8.58. The van der Waals surface area contributed by atoms with Crippen LogP contribution in [0.4, 0.5) is 0 Å². The smallest absolute Gasteiger partial charge is 0.242 e. The molecule has 13 nitrogen and oxygen atoms in total. The van der Waals surface area contributed by atoms with Crippen molar-refractivity contribution in [3.8, 4) is 0 Å². The second-order valence-electron chi connectivity index (χ2n) is 15.0. The van der Waals surface area contributed by atoms with Crippen molar-refractivity contribution in [1.82, 2.24) is 30.7 Å². The molecule has 0 bridgehead atoms. The molecule has 13 heteroatoms. The lowest BCUT2D eigenvalue weighted by Crippen LogP contribution is -2.55. The van der Waals surface area contributed by atoms with E-state index in [-0.39, 0.29) is 54.5 Å². The lowest BCUT2D eigenvalue weighted by Gasteiger charge is -2.38. The van der Waals surface area contributed by atoms with Gasteiger partial charge in [-0.25, -0.2) is 0 Å². The van der Waals surface area contributed by atoms with Gasteiger partial charge in [0.05, 0.1) is 50.3 Å². The van der Waals surface area contributed by atoms with Gasteiger partial charge < -0.3 is 40.0 Å². The Bertz CT molecular complexity index is 1330. The van der Waals surface area contributed by atoms with E-state index in [1.54, 1.807) is 31.1 Å². The summed E-state index contributed by atoms with van der Waals surface area (Å²) in [6, 6.07) is 9.05. The van der Waals surface area contributed by atoms with Gasteiger partial charge in [0.2, 0.25) is 23.6 Å². The summed E-state index contributed by atoms with van der Waals surface area (Å²) in [5.41, 5.74) is 1.80. The van der Waals surface area contributed by atoms with Crippen molar-refractivity contribution >= 4 is 23.6 Å². The van der Waals surface area contributed by atoms with Crippen LogP contribution in [-0.2, 0) is 39.8 Å². The van der Waals surface area contributed by atoms with Crippen LogP contribution in [0.3, 0.4) is 0 Å². The van der Waals surface area contributed by atoms with Gasteiger partial charge in [0.1, 0.15) is 6.10 Å². The van der Waals surface area contributed by atoms with E-state index in [4.69, 9.17) is 14.2 Å². The topological polar surface area (TPSA) is 142 Å². The van der Waals surface area contributed by atoms with E-state index >= 15 is 0 Å². The number of carbonyl (C=O) groups is 4. The molecule has 0 aromatic heterocycles. The molecular weight excluding hydrogens is 688 g/mol. The summed E-state index contributed by atoms with van der Waals surface area (Å²) < 4.78 is 17.5. The first-order chi connectivity index (χ1) is 25.7. The van der Waals surface area contributed by atoms with E-state index in [2.05, 4.69) is 16.0 Å². The van der Waals surface area contributed by atoms with Crippen molar-refractivity contribution in [2.75, 3.05) is 74.8 Å². The third kappa shape index (κ3) is 14.1. The highest BCUT2D eigenvalue weighted by Gasteiger charge is 2.39. The summed E-state index contributed by atoms with van der Waals surface area (Å²) in [6.45, 7) is 14.5. The summed E-state index contributed by atoms with van der Waals surface area (Å²) in [6.07, 6.45) is 2.83. The Kier molecular flexibility index (Phi) is 21.0. The van der Waals surface area contributed by atoms with Crippen LogP contribution in [-0.4, -0.2) is 143 Å². The SMILES string of the molecule is CCC(C)C(C(CC(=O)N1CCC=C1C(OC)C(C)C(=O)NC(C)Cc1ccccc1)OC)N(C)C(=O)CNC(=O)C(C(C)C)N(C)CCOCCNC. The Hall–Kier alpha value is -3.36. The fourth-order valence-electron chi connectivity index (χ4n) is 7.29. The van der Waals surface area contributed by atoms with E-state index in [0.29, 0.717) is 44.8 Å². The lowest BCUT2D eigenvalue weighted by molar-refractivity contribution is -0.142. The second-order valence-corrected chi connectivity index (χ2v) is 15.0. The number of hydrogen-bond acceptors (Lipinski definition) is 9. The maximum absolute atomic E-state index is 14.0. The minimum Gasteiger partial charge on any atom is -0.379 e. The lowest BCUT2D eigenvalue weighted by atomic mass is 9.90. The Morgan fingerprint density at radius 1 is 0.944 bits per heavy atom. The molecule has 4 amide bonds. The molecule has 0 saturated heterocycles. The zero-order valence-corrected chi connectivity index (χ0v) is 34.9. The number of carbonyl (C=O) groups excluding carboxylic acids is 4. The molecule has 0 saturated carbocycles. The zero-order chi connectivity index (χ0) is 40.4. The molecule has 306 valence electrons. The molecule has 0 fully saturated rings. The highest BCUT2D eigenvalue weighted by molar-refractivity contribution is 5.88. The first-order valence-electron chi connectivity index (χ1n) is 19.6. The molecule has 0 aliphatic carbocycles. The van der Waals surface area contributed by atoms with Gasteiger partial charge in [-0.1, -0.05) is 77.4 Å². The fourth-order valence-corrected chi connectivity index (χ4v) is 7.29. The third-order valence-corrected chi connectivity index (χ3v) is 10.5. The van der Waals surface area contributed by atoms with E-state index in [1.165, 1.54) is 0 Å². The molecule has 1 aromatic carbocycles. The molecule has 1 aliphatic rings. The average molecular weight is 759 g/mol. The van der Waals surface area contributed by atoms with Crippen molar-refractivity contribution < 1.29 is 33.4 Å². The van der Waals surface area contributed by atoms with Crippen LogP contribution in [0.15, 0.2) is 42.1 Å². The number of amides is 4. The molecule has 0 spiro atoms. The van der Waals surface area contributed by atoms with Crippen LogP contribution in [0, 0.1) is 17.8 Å². The fraction of sp³-hybridized carbons (Fsp3) is 0.707. The van der Waals surface area contributed by atoms with E-state index in [0.717, 1.165) is 18.5 Å². The van der Waals surface area contributed by atoms with Crippen LogP contribution in [0.1, 0.15) is 66.4 Å². The summed E-state index contributed by atoms with van der Waals surface area (Å²) >= 11 is 0. The van der Waals surface area contributed by atoms with E-state index < -0.39 is 30.2 Å². The number of benzene rings is 1. The minimum absolute atomic E-state index is 0.00763. The van der Waals surface area contributed by atoms with Crippen molar-refractivity contribution in [3.05, 3.63) is 47.7 Å². The number of nitrogens with zero attached hydrogens (tertiary/aromatic N) is 3. The number of rotatable bonds is 25. The monoisotopic (exact) mass is 759 g/mol.